The van der Waals surface area contributed by atoms with Crippen LogP contribution in [0.15, 0.2) is 36.4 Å². The van der Waals surface area contributed by atoms with Gasteiger partial charge in [0, 0.05) is 31.9 Å². The smallest absolute Gasteiger partial charge is 0.410 e. The summed E-state index contributed by atoms with van der Waals surface area (Å²) in [7, 11) is 1.54. The van der Waals surface area contributed by atoms with Gasteiger partial charge >= 0.3 is 12.1 Å². The first-order valence-electron chi connectivity index (χ1n) is 11.1. The zero-order chi connectivity index (χ0) is 24.9. The van der Waals surface area contributed by atoms with Crippen LogP contribution >= 0.6 is 0 Å². The van der Waals surface area contributed by atoms with Crippen LogP contribution in [0, 0.1) is 18.3 Å². The molecule has 0 atom stereocenters. The molecule has 0 radical (unpaired) electrons. The minimum atomic E-state index is -0.540. The van der Waals surface area contributed by atoms with Gasteiger partial charge in [0.05, 0.1) is 24.0 Å². The summed E-state index contributed by atoms with van der Waals surface area (Å²) < 4.78 is 10.7. The maximum Gasteiger partial charge on any atom is 0.410 e. The Hall–Kier alpha value is -3.93. The van der Waals surface area contributed by atoms with Gasteiger partial charge in [-0.3, -0.25) is 0 Å². The van der Waals surface area contributed by atoms with Crippen molar-refractivity contribution in [1.82, 2.24) is 4.90 Å². The fourth-order valence-electron chi connectivity index (χ4n) is 3.64. The van der Waals surface area contributed by atoms with Crippen LogP contribution in [0.4, 0.5) is 26.7 Å². The Kier molecular flexibility index (Phi) is 7.51. The number of nitrogens with one attached hydrogen (secondary N) is 2. The predicted molar refractivity (Wildman–Crippen MR) is 132 cm³/mol. The van der Waals surface area contributed by atoms with Gasteiger partial charge in [0.15, 0.2) is 0 Å². The maximum atomic E-state index is 12.5. The van der Waals surface area contributed by atoms with Gasteiger partial charge in [0.2, 0.25) is 0 Å². The molecule has 2 N–H and O–H groups in total. The third kappa shape index (κ3) is 6.32. The molecule has 0 aliphatic carbocycles. The molecule has 2 aromatic carbocycles. The summed E-state index contributed by atoms with van der Waals surface area (Å²) in [6, 6.07) is 12.5. The number of piperazine rings is 1. The summed E-state index contributed by atoms with van der Waals surface area (Å²) in [6.07, 6.45) is -0.330. The number of hydrogen-bond acceptors (Lipinski definition) is 6. The van der Waals surface area contributed by atoms with Crippen LogP contribution in [0.25, 0.3) is 0 Å². The van der Waals surface area contributed by atoms with Crippen LogP contribution in [-0.4, -0.2) is 55.9 Å². The van der Waals surface area contributed by atoms with E-state index in [1.165, 1.54) is 0 Å². The number of rotatable bonds is 4. The summed E-state index contributed by atoms with van der Waals surface area (Å²) >= 11 is 0. The van der Waals surface area contributed by atoms with E-state index in [-0.39, 0.29) is 6.09 Å². The molecule has 3 rings (SSSR count). The van der Waals surface area contributed by atoms with Gasteiger partial charge in [-0.2, -0.15) is 5.26 Å². The van der Waals surface area contributed by atoms with Gasteiger partial charge < -0.3 is 29.9 Å². The number of amides is 3. The average molecular weight is 466 g/mol. The molecule has 3 amide bonds. The van der Waals surface area contributed by atoms with E-state index in [0.29, 0.717) is 48.9 Å². The molecule has 0 unspecified atom stereocenters. The van der Waals surface area contributed by atoms with E-state index in [0.717, 1.165) is 11.3 Å². The van der Waals surface area contributed by atoms with Crippen molar-refractivity contribution in [2.45, 2.75) is 33.3 Å². The van der Waals surface area contributed by atoms with E-state index < -0.39 is 11.6 Å². The van der Waals surface area contributed by atoms with Crippen LogP contribution in [0.5, 0.6) is 5.75 Å². The first-order valence-corrected chi connectivity index (χ1v) is 11.1. The van der Waals surface area contributed by atoms with Crippen LogP contribution in [0.1, 0.15) is 31.9 Å². The van der Waals surface area contributed by atoms with E-state index in [2.05, 4.69) is 21.6 Å². The topological polar surface area (TPSA) is 107 Å². The van der Waals surface area contributed by atoms with E-state index >= 15 is 0 Å². The van der Waals surface area contributed by atoms with Gasteiger partial charge in [-0.25, -0.2) is 9.59 Å². The molecular weight excluding hydrogens is 434 g/mol. The molecule has 0 aromatic heterocycles. The molecule has 2 aromatic rings. The summed E-state index contributed by atoms with van der Waals surface area (Å²) in [5.74, 6) is 0.555. The van der Waals surface area contributed by atoms with E-state index in [1.54, 1.807) is 30.2 Å². The van der Waals surface area contributed by atoms with Crippen molar-refractivity contribution in [2.75, 3.05) is 48.8 Å². The Bertz CT molecular complexity index is 1100. The zero-order valence-electron chi connectivity index (χ0n) is 20.3. The monoisotopic (exact) mass is 465 g/mol. The third-order valence-electron chi connectivity index (χ3n) is 5.25. The standard InChI is InChI=1S/C25H31N5O4/c1-17-6-9-22(33-5)20(14-17)28-23(31)27-19-7-8-21(18(15-19)16-26)29-10-12-30(13-11-29)24(32)34-25(2,3)4/h6-9,14-15H,10-13H2,1-5H3,(H2,27,28,31). The van der Waals surface area contributed by atoms with Crippen LogP contribution in [0.3, 0.4) is 0 Å². The van der Waals surface area contributed by atoms with Crippen molar-refractivity contribution in [3.8, 4) is 11.8 Å². The van der Waals surface area contributed by atoms with Gasteiger partial charge in [0.25, 0.3) is 0 Å². The number of carbonyl (C=O) groups excluding carboxylic acids is 2. The number of nitriles is 1. The Morgan fingerprint density at radius 1 is 1.03 bits per heavy atom. The molecule has 9 heteroatoms. The number of nitrogens with zero attached hydrogens (tertiary/aromatic N) is 3. The highest BCUT2D eigenvalue weighted by Gasteiger charge is 2.26. The number of methoxy groups -OCH3 is 1. The molecule has 0 saturated carbocycles. The first kappa shape index (κ1) is 24.7. The van der Waals surface area contributed by atoms with E-state index in [1.807, 2.05) is 45.9 Å². The number of benzene rings is 2. The number of aryl methyl sites for hydroxylation is 1. The fraction of sp³-hybridized carbons (Fsp3) is 0.400. The lowest BCUT2D eigenvalue weighted by molar-refractivity contribution is 0.0240. The Balaban J connectivity index is 1.64. The van der Waals surface area contributed by atoms with Crippen LogP contribution < -0.4 is 20.3 Å². The lowest BCUT2D eigenvalue weighted by Crippen LogP contribution is -2.50. The van der Waals surface area contributed by atoms with E-state index in [4.69, 9.17) is 9.47 Å². The molecule has 0 spiro atoms. The van der Waals surface area contributed by atoms with Crippen LogP contribution in [0.2, 0.25) is 0 Å². The van der Waals surface area contributed by atoms with Crippen molar-refractivity contribution in [3.05, 3.63) is 47.5 Å². The van der Waals surface area contributed by atoms with Gasteiger partial charge in [-0.15, -0.1) is 0 Å². The molecular formula is C25H31N5O4. The normalized spacial score (nSPS) is 13.6. The summed E-state index contributed by atoms with van der Waals surface area (Å²) in [5.41, 5.74) is 2.70. The Morgan fingerprint density at radius 2 is 1.74 bits per heavy atom. The molecule has 0 bridgehead atoms. The minimum absolute atomic E-state index is 0.330. The molecule has 1 aliphatic heterocycles. The van der Waals surface area contributed by atoms with Crippen LogP contribution in [-0.2, 0) is 4.74 Å². The third-order valence-corrected chi connectivity index (χ3v) is 5.25. The molecule has 1 heterocycles. The molecule has 9 nitrogen and oxygen atoms in total. The Morgan fingerprint density at radius 3 is 2.35 bits per heavy atom. The lowest BCUT2D eigenvalue weighted by Gasteiger charge is -2.37. The first-order chi connectivity index (χ1) is 16.1. The zero-order valence-corrected chi connectivity index (χ0v) is 20.3. The predicted octanol–water partition coefficient (Wildman–Crippen LogP) is 4.58. The number of ether oxygens (including phenoxy) is 2. The van der Waals surface area contributed by atoms with Gasteiger partial charge in [-0.05, 0) is 63.6 Å². The SMILES string of the molecule is COc1ccc(C)cc1NC(=O)Nc1ccc(N2CCN(C(=O)OC(C)(C)C)CC2)c(C#N)c1. The Labute approximate surface area is 200 Å². The highest BCUT2D eigenvalue weighted by Crippen LogP contribution is 2.27. The average Bonchev–Trinajstić information content (AvgIpc) is 2.78. The molecule has 180 valence electrons. The highest BCUT2D eigenvalue weighted by atomic mass is 16.6. The number of hydrogen-bond donors (Lipinski definition) is 2. The lowest BCUT2D eigenvalue weighted by atomic mass is 10.1. The van der Waals surface area contributed by atoms with Crippen molar-refractivity contribution < 1.29 is 19.1 Å². The summed E-state index contributed by atoms with van der Waals surface area (Å²) in [6.45, 7) is 9.60. The molecule has 1 saturated heterocycles. The van der Waals surface area contributed by atoms with Gasteiger partial charge in [-0.1, -0.05) is 6.07 Å². The highest BCUT2D eigenvalue weighted by molar-refractivity contribution is 6.01. The second kappa shape index (κ2) is 10.3. The van der Waals surface area contributed by atoms with E-state index in [9.17, 15) is 14.9 Å². The second-order valence-corrected chi connectivity index (χ2v) is 9.08. The molecule has 34 heavy (non-hydrogen) atoms. The number of urea groups is 1. The molecule has 1 fully saturated rings. The second-order valence-electron chi connectivity index (χ2n) is 9.08. The summed E-state index contributed by atoms with van der Waals surface area (Å²) in [4.78, 5) is 28.6. The largest absolute Gasteiger partial charge is 0.495 e. The fourth-order valence-corrected chi connectivity index (χ4v) is 3.64. The summed E-state index contributed by atoms with van der Waals surface area (Å²) in [5, 5.41) is 15.2. The maximum absolute atomic E-state index is 12.5. The van der Waals surface area contributed by atoms with Gasteiger partial charge in [0.1, 0.15) is 17.4 Å². The quantitative estimate of drug-likeness (QED) is 0.685. The minimum Gasteiger partial charge on any atom is -0.495 e. The number of carbonyl (C=O) groups is 2. The molecule has 1 aliphatic rings. The van der Waals surface area contributed by atoms with Crippen molar-refractivity contribution in [1.29, 1.82) is 5.26 Å². The van der Waals surface area contributed by atoms with Crippen molar-refractivity contribution in [2.24, 2.45) is 0 Å². The number of anilines is 3. The van der Waals surface area contributed by atoms with Crippen molar-refractivity contribution in [3.63, 3.8) is 0 Å². The van der Waals surface area contributed by atoms with Crippen molar-refractivity contribution >= 4 is 29.2 Å².